The van der Waals surface area contributed by atoms with Crippen LogP contribution in [0.25, 0.3) is 6.08 Å². The van der Waals surface area contributed by atoms with Crippen LogP contribution >= 0.6 is 11.8 Å². The molecule has 146 valence electrons. The molecule has 2 aliphatic rings. The van der Waals surface area contributed by atoms with Crippen LogP contribution in [0.1, 0.15) is 33.3 Å². The molecule has 0 spiro atoms. The predicted octanol–water partition coefficient (Wildman–Crippen LogP) is 3.56. The Morgan fingerprint density at radius 3 is 2.52 bits per heavy atom. The lowest BCUT2D eigenvalue weighted by Crippen LogP contribution is -2.47. The molecule has 7 heteroatoms. The normalized spacial score (nSPS) is 24.3. The van der Waals surface area contributed by atoms with Crippen molar-refractivity contribution in [3.63, 3.8) is 0 Å². The van der Waals surface area contributed by atoms with Crippen LogP contribution in [0.3, 0.4) is 0 Å². The Kier molecular flexibility index (Phi) is 6.44. The van der Waals surface area contributed by atoms with Crippen molar-refractivity contribution in [1.29, 1.82) is 0 Å². The topological polar surface area (TPSA) is 60.4 Å². The molecular weight excluding hydrogens is 364 g/mol. The van der Waals surface area contributed by atoms with Gasteiger partial charge in [0.2, 0.25) is 0 Å². The number of rotatable bonds is 5. The van der Waals surface area contributed by atoms with Gasteiger partial charge in [-0.2, -0.15) is 4.99 Å². The summed E-state index contributed by atoms with van der Waals surface area (Å²) in [6.45, 7) is 10.6. The standard InChI is InChI=1S/C20H26N2O4S/c1-5-24-16-8-7-15(9-17(16)25-6-2)10-18-19(23)21-20(27-18)22-11-13(3)26-14(4)12-22/h7-10,13-14H,5-6,11-12H2,1-4H3/b18-10-/t13-,14+. The van der Waals surface area contributed by atoms with Crippen molar-refractivity contribution in [1.82, 2.24) is 4.90 Å². The van der Waals surface area contributed by atoms with Gasteiger partial charge >= 0.3 is 0 Å². The number of hydrogen-bond acceptors (Lipinski definition) is 6. The summed E-state index contributed by atoms with van der Waals surface area (Å²) in [6.07, 6.45) is 2.11. The molecule has 1 aromatic carbocycles. The number of carbonyl (C=O) groups is 1. The molecule has 3 rings (SSSR count). The number of benzene rings is 1. The molecule has 1 amide bonds. The number of carbonyl (C=O) groups excluding carboxylic acids is 1. The van der Waals surface area contributed by atoms with Crippen molar-refractivity contribution in [2.75, 3.05) is 26.3 Å². The number of ether oxygens (including phenoxy) is 3. The van der Waals surface area contributed by atoms with Crippen LogP contribution in [0.5, 0.6) is 11.5 Å². The van der Waals surface area contributed by atoms with Crippen molar-refractivity contribution in [2.45, 2.75) is 39.9 Å². The fourth-order valence-electron chi connectivity index (χ4n) is 3.18. The van der Waals surface area contributed by atoms with Crippen LogP contribution in [-0.4, -0.2) is 54.5 Å². The highest BCUT2D eigenvalue weighted by atomic mass is 32.2. The monoisotopic (exact) mass is 390 g/mol. The third kappa shape index (κ3) is 4.84. The van der Waals surface area contributed by atoms with E-state index in [1.807, 2.05) is 52.0 Å². The van der Waals surface area contributed by atoms with E-state index in [-0.39, 0.29) is 18.1 Å². The highest BCUT2D eigenvalue weighted by Gasteiger charge is 2.31. The van der Waals surface area contributed by atoms with Gasteiger partial charge in [0.15, 0.2) is 16.7 Å². The van der Waals surface area contributed by atoms with Gasteiger partial charge in [0, 0.05) is 13.1 Å². The molecule has 1 saturated heterocycles. The minimum atomic E-state index is -0.200. The van der Waals surface area contributed by atoms with E-state index in [4.69, 9.17) is 14.2 Å². The molecule has 0 radical (unpaired) electrons. The fourth-order valence-corrected chi connectivity index (χ4v) is 4.11. The first kappa shape index (κ1) is 19.8. The first-order valence-corrected chi connectivity index (χ1v) is 10.1. The lowest BCUT2D eigenvalue weighted by molar-refractivity contribution is -0.113. The minimum absolute atomic E-state index is 0.125. The van der Waals surface area contributed by atoms with E-state index in [0.29, 0.717) is 29.6 Å². The average Bonchev–Trinajstić information content (AvgIpc) is 2.97. The minimum Gasteiger partial charge on any atom is -0.490 e. The van der Waals surface area contributed by atoms with E-state index in [2.05, 4.69) is 9.89 Å². The van der Waals surface area contributed by atoms with Crippen molar-refractivity contribution in [3.05, 3.63) is 28.7 Å². The third-order valence-electron chi connectivity index (χ3n) is 4.16. The Morgan fingerprint density at radius 2 is 1.85 bits per heavy atom. The van der Waals surface area contributed by atoms with Gasteiger partial charge in [0.1, 0.15) is 0 Å². The molecule has 1 fully saturated rings. The van der Waals surface area contributed by atoms with Gasteiger partial charge in [-0.15, -0.1) is 0 Å². The van der Waals surface area contributed by atoms with Gasteiger partial charge in [-0.25, -0.2) is 0 Å². The summed E-state index contributed by atoms with van der Waals surface area (Å²) in [7, 11) is 0. The van der Waals surface area contributed by atoms with E-state index in [1.54, 1.807) is 0 Å². The molecule has 0 unspecified atom stereocenters. The largest absolute Gasteiger partial charge is 0.490 e. The van der Waals surface area contributed by atoms with Crippen molar-refractivity contribution in [3.8, 4) is 11.5 Å². The highest BCUT2D eigenvalue weighted by Crippen LogP contribution is 2.34. The SMILES string of the molecule is CCOc1ccc(/C=C2\SC(N3C[C@@H](C)O[C@@H](C)C3)=NC2=O)cc1OCC. The number of morpholine rings is 1. The first-order valence-electron chi connectivity index (χ1n) is 9.32. The predicted molar refractivity (Wildman–Crippen MR) is 108 cm³/mol. The van der Waals surface area contributed by atoms with Crippen molar-refractivity contribution >= 4 is 28.9 Å². The lowest BCUT2D eigenvalue weighted by atomic mass is 10.2. The number of thioether (sulfide) groups is 1. The van der Waals surface area contributed by atoms with E-state index in [0.717, 1.165) is 23.8 Å². The van der Waals surface area contributed by atoms with Gasteiger partial charge < -0.3 is 19.1 Å². The summed E-state index contributed by atoms with van der Waals surface area (Å²) in [5.74, 6) is 1.19. The second-order valence-electron chi connectivity index (χ2n) is 6.54. The second-order valence-corrected chi connectivity index (χ2v) is 7.55. The summed E-state index contributed by atoms with van der Waals surface area (Å²) < 4.78 is 17.0. The van der Waals surface area contributed by atoms with Crippen LogP contribution in [0.4, 0.5) is 0 Å². The molecule has 1 aromatic rings. The molecule has 2 atom stereocenters. The van der Waals surface area contributed by atoms with Gasteiger partial charge in [-0.1, -0.05) is 6.07 Å². The third-order valence-corrected chi connectivity index (χ3v) is 5.21. The Morgan fingerprint density at radius 1 is 1.19 bits per heavy atom. The maximum absolute atomic E-state index is 12.4. The molecule has 0 aliphatic carbocycles. The molecular formula is C20H26N2O4S. The Hall–Kier alpha value is -1.99. The number of nitrogens with zero attached hydrogens (tertiary/aromatic N) is 2. The summed E-state index contributed by atoms with van der Waals surface area (Å²) in [5, 5.41) is 0.754. The molecule has 0 aromatic heterocycles. The molecule has 0 bridgehead atoms. The van der Waals surface area contributed by atoms with Gasteiger partial charge in [-0.3, -0.25) is 4.79 Å². The molecule has 27 heavy (non-hydrogen) atoms. The molecule has 0 N–H and O–H groups in total. The number of aliphatic imine (C=N–C) groups is 1. The number of hydrogen-bond donors (Lipinski definition) is 0. The number of amidine groups is 1. The van der Waals surface area contributed by atoms with Crippen molar-refractivity contribution < 1.29 is 19.0 Å². The van der Waals surface area contributed by atoms with Gasteiger partial charge in [0.05, 0.1) is 30.3 Å². The van der Waals surface area contributed by atoms with Crippen LogP contribution in [-0.2, 0) is 9.53 Å². The smallest absolute Gasteiger partial charge is 0.286 e. The van der Waals surface area contributed by atoms with E-state index in [1.165, 1.54) is 11.8 Å². The lowest BCUT2D eigenvalue weighted by Gasteiger charge is -2.35. The van der Waals surface area contributed by atoms with Crippen LogP contribution < -0.4 is 9.47 Å². The van der Waals surface area contributed by atoms with Crippen LogP contribution in [0.15, 0.2) is 28.1 Å². The van der Waals surface area contributed by atoms with Crippen molar-refractivity contribution in [2.24, 2.45) is 4.99 Å². The molecule has 0 saturated carbocycles. The zero-order valence-electron chi connectivity index (χ0n) is 16.2. The molecule has 2 aliphatic heterocycles. The van der Waals surface area contributed by atoms with Crippen LogP contribution in [0.2, 0.25) is 0 Å². The summed E-state index contributed by atoms with van der Waals surface area (Å²) >= 11 is 1.42. The maximum Gasteiger partial charge on any atom is 0.286 e. The zero-order chi connectivity index (χ0) is 19.4. The maximum atomic E-state index is 12.4. The highest BCUT2D eigenvalue weighted by molar-refractivity contribution is 8.18. The fraction of sp³-hybridized carbons (Fsp3) is 0.500. The average molecular weight is 391 g/mol. The molecule has 6 nitrogen and oxygen atoms in total. The summed E-state index contributed by atoms with van der Waals surface area (Å²) in [6, 6.07) is 5.69. The quantitative estimate of drug-likeness (QED) is 0.717. The van der Waals surface area contributed by atoms with Gasteiger partial charge in [0.25, 0.3) is 5.91 Å². The number of amides is 1. The summed E-state index contributed by atoms with van der Waals surface area (Å²) in [5.41, 5.74) is 0.887. The summed E-state index contributed by atoms with van der Waals surface area (Å²) in [4.78, 5) is 19.4. The Balaban J connectivity index is 1.76. The van der Waals surface area contributed by atoms with E-state index in [9.17, 15) is 4.79 Å². The first-order chi connectivity index (χ1) is 13.0. The molecule has 2 heterocycles. The Bertz CT molecular complexity index is 752. The van der Waals surface area contributed by atoms with Gasteiger partial charge in [-0.05, 0) is 63.2 Å². The van der Waals surface area contributed by atoms with E-state index < -0.39 is 0 Å². The van der Waals surface area contributed by atoms with E-state index >= 15 is 0 Å². The van der Waals surface area contributed by atoms with Crippen LogP contribution in [0, 0.1) is 0 Å². The zero-order valence-corrected chi connectivity index (χ0v) is 17.0. The Labute approximate surface area is 164 Å². The second kappa shape index (κ2) is 8.80.